The third kappa shape index (κ3) is 4.32. The normalized spacial score (nSPS) is 10.2. The maximum Gasteiger partial charge on any atom is 0.335 e. The maximum atomic E-state index is 12.0. The molecule has 5 heteroatoms. The van der Waals surface area contributed by atoms with Crippen LogP contribution in [0.4, 0.5) is 5.69 Å². The predicted octanol–water partition coefficient (Wildman–Crippen LogP) is 3.33. The van der Waals surface area contributed by atoms with E-state index < -0.39 is 5.97 Å². The molecule has 0 spiro atoms. The summed E-state index contributed by atoms with van der Waals surface area (Å²) in [5, 5.41) is 11.7. The fourth-order valence-electron chi connectivity index (χ4n) is 2.08. The molecular weight excluding hydrogens is 294 g/mol. The number of ether oxygens (including phenoxy) is 1. The van der Waals surface area contributed by atoms with Gasteiger partial charge in [-0.2, -0.15) is 0 Å². The Balaban J connectivity index is 2.04. The van der Waals surface area contributed by atoms with Crippen LogP contribution in [0, 0.1) is 20.8 Å². The third-order valence-electron chi connectivity index (χ3n) is 3.46. The number of carbonyl (C=O) groups is 2. The molecule has 2 N–H and O–H groups in total. The number of carbonyl (C=O) groups excluding carboxylic acids is 1. The number of nitrogens with one attached hydrogen (secondary N) is 1. The quantitative estimate of drug-likeness (QED) is 0.888. The highest BCUT2D eigenvalue weighted by atomic mass is 16.5. The first-order chi connectivity index (χ1) is 10.9. The van der Waals surface area contributed by atoms with Gasteiger partial charge in [-0.3, -0.25) is 4.79 Å². The summed E-state index contributed by atoms with van der Waals surface area (Å²) in [6.07, 6.45) is 0. The van der Waals surface area contributed by atoms with Crippen molar-refractivity contribution in [2.75, 3.05) is 11.9 Å². The van der Waals surface area contributed by atoms with Gasteiger partial charge >= 0.3 is 5.97 Å². The second-order valence-corrected chi connectivity index (χ2v) is 5.44. The lowest BCUT2D eigenvalue weighted by Gasteiger charge is -2.12. The maximum absolute atomic E-state index is 12.0. The van der Waals surface area contributed by atoms with Crippen molar-refractivity contribution < 1.29 is 19.4 Å². The SMILES string of the molecule is Cc1ccc(C)c(OCC(=O)Nc2cc(C(=O)O)ccc2C)c1. The second kappa shape index (κ2) is 6.96. The lowest BCUT2D eigenvalue weighted by Crippen LogP contribution is -2.21. The number of aromatic carboxylic acids is 1. The highest BCUT2D eigenvalue weighted by molar-refractivity contribution is 5.95. The van der Waals surface area contributed by atoms with Crippen LogP contribution in [0.3, 0.4) is 0 Å². The monoisotopic (exact) mass is 313 g/mol. The van der Waals surface area contributed by atoms with Crippen LogP contribution in [-0.2, 0) is 4.79 Å². The topological polar surface area (TPSA) is 75.6 Å². The van der Waals surface area contributed by atoms with Crippen LogP contribution in [-0.4, -0.2) is 23.6 Å². The first kappa shape index (κ1) is 16.5. The Bertz CT molecular complexity index is 753. The van der Waals surface area contributed by atoms with Crippen LogP contribution in [0.25, 0.3) is 0 Å². The smallest absolute Gasteiger partial charge is 0.335 e. The molecule has 0 bridgehead atoms. The van der Waals surface area contributed by atoms with E-state index in [1.165, 1.54) is 12.1 Å². The van der Waals surface area contributed by atoms with Crippen molar-refractivity contribution >= 4 is 17.6 Å². The number of aryl methyl sites for hydroxylation is 3. The van der Waals surface area contributed by atoms with Crippen LogP contribution in [0.15, 0.2) is 36.4 Å². The minimum absolute atomic E-state index is 0.126. The second-order valence-electron chi connectivity index (χ2n) is 5.44. The zero-order valence-corrected chi connectivity index (χ0v) is 13.3. The number of hydrogen-bond donors (Lipinski definition) is 2. The first-order valence-electron chi connectivity index (χ1n) is 7.20. The summed E-state index contributed by atoms with van der Waals surface area (Å²) in [6, 6.07) is 10.4. The van der Waals surface area contributed by atoms with Crippen LogP contribution >= 0.6 is 0 Å². The molecule has 23 heavy (non-hydrogen) atoms. The molecule has 1 amide bonds. The number of amides is 1. The molecule has 0 radical (unpaired) electrons. The van der Waals surface area contributed by atoms with Crippen molar-refractivity contribution in [2.24, 2.45) is 0 Å². The summed E-state index contributed by atoms with van der Waals surface area (Å²) < 4.78 is 5.54. The highest BCUT2D eigenvalue weighted by Crippen LogP contribution is 2.20. The molecule has 0 heterocycles. The van der Waals surface area contributed by atoms with E-state index in [2.05, 4.69) is 5.32 Å². The van der Waals surface area contributed by atoms with Gasteiger partial charge in [0, 0.05) is 5.69 Å². The molecule has 2 aromatic rings. The van der Waals surface area contributed by atoms with E-state index in [1.807, 2.05) is 32.0 Å². The van der Waals surface area contributed by atoms with E-state index in [9.17, 15) is 9.59 Å². The molecular formula is C18H19NO4. The van der Waals surface area contributed by atoms with E-state index in [1.54, 1.807) is 13.0 Å². The van der Waals surface area contributed by atoms with E-state index in [0.29, 0.717) is 11.4 Å². The summed E-state index contributed by atoms with van der Waals surface area (Å²) in [4.78, 5) is 23.0. The number of hydrogen-bond acceptors (Lipinski definition) is 3. The van der Waals surface area contributed by atoms with E-state index >= 15 is 0 Å². The van der Waals surface area contributed by atoms with E-state index in [0.717, 1.165) is 16.7 Å². The number of benzene rings is 2. The van der Waals surface area contributed by atoms with Crippen molar-refractivity contribution in [3.8, 4) is 5.75 Å². The fourth-order valence-corrected chi connectivity index (χ4v) is 2.08. The minimum atomic E-state index is -1.04. The van der Waals surface area contributed by atoms with Crippen LogP contribution in [0.2, 0.25) is 0 Å². The molecule has 0 saturated heterocycles. The first-order valence-corrected chi connectivity index (χ1v) is 7.20. The third-order valence-corrected chi connectivity index (χ3v) is 3.46. The summed E-state index contributed by atoms with van der Waals surface area (Å²) in [5.41, 5.74) is 3.39. The van der Waals surface area contributed by atoms with Crippen LogP contribution < -0.4 is 10.1 Å². The van der Waals surface area contributed by atoms with Gasteiger partial charge in [0.1, 0.15) is 5.75 Å². The average Bonchev–Trinajstić information content (AvgIpc) is 2.50. The van der Waals surface area contributed by atoms with Gasteiger partial charge in [0.05, 0.1) is 5.56 Å². The van der Waals surface area contributed by atoms with Crippen LogP contribution in [0.5, 0.6) is 5.75 Å². The van der Waals surface area contributed by atoms with Crippen molar-refractivity contribution in [3.63, 3.8) is 0 Å². The van der Waals surface area contributed by atoms with Gasteiger partial charge in [-0.05, 0) is 55.7 Å². The number of carboxylic acids is 1. The van der Waals surface area contributed by atoms with E-state index in [4.69, 9.17) is 9.84 Å². The molecule has 120 valence electrons. The Morgan fingerprint density at radius 3 is 2.43 bits per heavy atom. The Hall–Kier alpha value is -2.82. The molecule has 5 nitrogen and oxygen atoms in total. The molecule has 0 aliphatic carbocycles. The number of rotatable bonds is 5. The zero-order valence-electron chi connectivity index (χ0n) is 13.3. The summed E-state index contributed by atoms with van der Waals surface area (Å²) in [6.45, 7) is 5.52. The Labute approximate surface area is 134 Å². The van der Waals surface area contributed by atoms with Gasteiger partial charge in [0.15, 0.2) is 6.61 Å². The summed E-state index contributed by atoms with van der Waals surface area (Å²) in [7, 11) is 0. The Morgan fingerprint density at radius 2 is 1.74 bits per heavy atom. The van der Waals surface area contributed by atoms with Gasteiger partial charge in [-0.25, -0.2) is 4.79 Å². The van der Waals surface area contributed by atoms with Gasteiger partial charge in [-0.1, -0.05) is 18.2 Å². The molecule has 0 aliphatic rings. The average molecular weight is 313 g/mol. The van der Waals surface area contributed by atoms with Crippen molar-refractivity contribution in [2.45, 2.75) is 20.8 Å². The molecule has 0 unspecified atom stereocenters. The Morgan fingerprint density at radius 1 is 1.04 bits per heavy atom. The Kier molecular flexibility index (Phi) is 5.01. The summed E-state index contributed by atoms with van der Waals surface area (Å²) in [5.74, 6) is -0.708. The lowest BCUT2D eigenvalue weighted by atomic mass is 10.1. The molecule has 0 aliphatic heterocycles. The molecule has 0 saturated carbocycles. The zero-order chi connectivity index (χ0) is 17.0. The van der Waals surface area contributed by atoms with Gasteiger partial charge in [0.2, 0.25) is 0 Å². The molecule has 0 atom stereocenters. The van der Waals surface area contributed by atoms with Crippen molar-refractivity contribution in [1.29, 1.82) is 0 Å². The number of anilines is 1. The standard InChI is InChI=1S/C18H19NO4/c1-11-4-5-13(3)16(8-11)23-10-17(20)19-15-9-14(18(21)22)7-6-12(15)2/h4-9H,10H2,1-3H3,(H,19,20)(H,21,22). The lowest BCUT2D eigenvalue weighted by molar-refractivity contribution is -0.118. The molecule has 2 rings (SSSR count). The minimum Gasteiger partial charge on any atom is -0.483 e. The summed E-state index contributed by atoms with van der Waals surface area (Å²) >= 11 is 0. The van der Waals surface area contributed by atoms with Gasteiger partial charge in [0.25, 0.3) is 5.91 Å². The largest absolute Gasteiger partial charge is 0.483 e. The van der Waals surface area contributed by atoms with Crippen molar-refractivity contribution in [3.05, 3.63) is 58.7 Å². The number of carboxylic acid groups (broad SMARTS) is 1. The van der Waals surface area contributed by atoms with E-state index in [-0.39, 0.29) is 18.1 Å². The molecule has 0 fully saturated rings. The van der Waals surface area contributed by atoms with Crippen molar-refractivity contribution in [1.82, 2.24) is 0 Å². The van der Waals surface area contributed by atoms with Crippen LogP contribution in [0.1, 0.15) is 27.0 Å². The van der Waals surface area contributed by atoms with Gasteiger partial charge in [-0.15, -0.1) is 0 Å². The molecule has 2 aromatic carbocycles. The fraction of sp³-hybridized carbons (Fsp3) is 0.222. The predicted molar refractivity (Wildman–Crippen MR) is 88.2 cm³/mol. The highest BCUT2D eigenvalue weighted by Gasteiger charge is 2.10. The molecule has 0 aromatic heterocycles. The van der Waals surface area contributed by atoms with Gasteiger partial charge < -0.3 is 15.2 Å².